The van der Waals surface area contributed by atoms with Crippen LogP contribution in [0.5, 0.6) is 11.5 Å². The summed E-state index contributed by atoms with van der Waals surface area (Å²) in [6, 6.07) is 12.6. The van der Waals surface area contributed by atoms with E-state index in [0.29, 0.717) is 17.2 Å². The molecule has 0 saturated carbocycles. The summed E-state index contributed by atoms with van der Waals surface area (Å²) in [5.41, 5.74) is 1.40. The third-order valence-electron chi connectivity index (χ3n) is 2.96. The molecular weight excluding hydrogens is 288 g/mol. The van der Waals surface area contributed by atoms with Gasteiger partial charge in [0.25, 0.3) is 0 Å². The van der Waals surface area contributed by atoms with Crippen LogP contribution in [0.15, 0.2) is 47.4 Å². The lowest BCUT2D eigenvalue weighted by atomic mass is 10.3. The summed E-state index contributed by atoms with van der Waals surface area (Å²) in [6.07, 6.45) is 1.99. The number of rotatable bonds is 3. The Kier molecular flexibility index (Phi) is 3.87. The van der Waals surface area contributed by atoms with E-state index in [0.717, 1.165) is 10.6 Å². The maximum Gasteiger partial charge on any atom is 0.323 e. The lowest BCUT2D eigenvalue weighted by Gasteiger charge is -2.09. The molecule has 0 aliphatic carbocycles. The molecule has 1 heterocycles. The van der Waals surface area contributed by atoms with Gasteiger partial charge in [0, 0.05) is 22.3 Å². The molecule has 0 aromatic heterocycles. The Hall–Kier alpha value is -2.34. The van der Waals surface area contributed by atoms with Crippen LogP contribution in [0.4, 0.5) is 16.2 Å². The second-order valence-corrected chi connectivity index (χ2v) is 5.26. The smallest absolute Gasteiger partial charge is 0.323 e. The number of hydrogen-bond donors (Lipinski definition) is 2. The molecule has 0 radical (unpaired) electrons. The van der Waals surface area contributed by atoms with Crippen LogP contribution in [0.25, 0.3) is 0 Å². The van der Waals surface area contributed by atoms with E-state index >= 15 is 0 Å². The molecule has 2 N–H and O–H groups in total. The molecule has 2 amide bonds. The molecule has 2 aromatic carbocycles. The summed E-state index contributed by atoms with van der Waals surface area (Å²) < 4.78 is 10.5. The van der Waals surface area contributed by atoms with E-state index in [1.807, 2.05) is 30.5 Å². The van der Waals surface area contributed by atoms with Gasteiger partial charge < -0.3 is 20.1 Å². The Bertz CT molecular complexity index is 676. The van der Waals surface area contributed by atoms with Crippen molar-refractivity contribution in [3.05, 3.63) is 42.5 Å². The number of fused-ring (bicyclic) bond motifs is 1. The summed E-state index contributed by atoms with van der Waals surface area (Å²) in [6.45, 7) is 0.215. The van der Waals surface area contributed by atoms with Crippen molar-refractivity contribution >= 4 is 29.2 Å². The first-order chi connectivity index (χ1) is 10.2. The van der Waals surface area contributed by atoms with Crippen LogP contribution in [0.1, 0.15) is 0 Å². The van der Waals surface area contributed by atoms with Gasteiger partial charge in [0.15, 0.2) is 11.5 Å². The minimum atomic E-state index is -0.299. The molecular formula is C15H14N2O3S. The van der Waals surface area contributed by atoms with Crippen molar-refractivity contribution in [1.29, 1.82) is 0 Å². The van der Waals surface area contributed by atoms with Crippen LogP contribution in [0.2, 0.25) is 0 Å². The highest BCUT2D eigenvalue weighted by Crippen LogP contribution is 2.34. The highest BCUT2D eigenvalue weighted by molar-refractivity contribution is 7.98. The Morgan fingerprint density at radius 3 is 2.62 bits per heavy atom. The molecule has 108 valence electrons. The summed E-state index contributed by atoms with van der Waals surface area (Å²) in [5, 5.41) is 5.56. The van der Waals surface area contributed by atoms with E-state index in [1.54, 1.807) is 30.0 Å². The van der Waals surface area contributed by atoms with Crippen LogP contribution in [0, 0.1) is 0 Å². The third kappa shape index (κ3) is 3.22. The van der Waals surface area contributed by atoms with Crippen molar-refractivity contribution in [3.63, 3.8) is 0 Å². The van der Waals surface area contributed by atoms with Crippen molar-refractivity contribution in [2.24, 2.45) is 0 Å². The van der Waals surface area contributed by atoms with Gasteiger partial charge in [-0.2, -0.15) is 0 Å². The second kappa shape index (κ2) is 5.97. The first kappa shape index (κ1) is 13.6. The first-order valence-corrected chi connectivity index (χ1v) is 7.59. The average molecular weight is 302 g/mol. The quantitative estimate of drug-likeness (QED) is 0.847. The van der Waals surface area contributed by atoms with Gasteiger partial charge in [0.2, 0.25) is 6.79 Å². The Morgan fingerprint density at radius 2 is 1.81 bits per heavy atom. The summed E-state index contributed by atoms with van der Waals surface area (Å²) in [7, 11) is 0. The van der Waals surface area contributed by atoms with E-state index in [4.69, 9.17) is 9.47 Å². The molecule has 0 spiro atoms. The van der Waals surface area contributed by atoms with Gasteiger partial charge in [-0.05, 0) is 36.6 Å². The zero-order chi connectivity index (χ0) is 14.7. The number of anilines is 2. The maximum atomic E-state index is 12.0. The average Bonchev–Trinajstić information content (AvgIpc) is 2.95. The van der Waals surface area contributed by atoms with Gasteiger partial charge in [-0.3, -0.25) is 0 Å². The predicted octanol–water partition coefficient (Wildman–Crippen LogP) is 3.78. The van der Waals surface area contributed by atoms with E-state index in [-0.39, 0.29) is 12.8 Å². The predicted molar refractivity (Wildman–Crippen MR) is 83.4 cm³/mol. The monoisotopic (exact) mass is 302 g/mol. The van der Waals surface area contributed by atoms with Gasteiger partial charge >= 0.3 is 6.03 Å². The SMILES string of the molecule is CSc1cccc(NC(=O)Nc2ccc3c(c2)OCO3)c1. The Morgan fingerprint density at radius 1 is 1.05 bits per heavy atom. The lowest BCUT2D eigenvalue weighted by molar-refractivity contribution is 0.174. The van der Waals surface area contributed by atoms with Crippen molar-refractivity contribution < 1.29 is 14.3 Å². The minimum Gasteiger partial charge on any atom is -0.454 e. The van der Waals surface area contributed by atoms with E-state index < -0.39 is 0 Å². The number of ether oxygens (including phenoxy) is 2. The standard InChI is InChI=1S/C15H14N2O3S/c1-21-12-4-2-3-10(7-12)16-15(18)17-11-5-6-13-14(8-11)20-9-19-13/h2-8H,9H2,1H3,(H2,16,17,18). The second-order valence-electron chi connectivity index (χ2n) is 4.38. The number of benzene rings is 2. The number of carbonyl (C=O) groups is 1. The molecule has 21 heavy (non-hydrogen) atoms. The molecule has 1 aliphatic rings. The van der Waals surface area contributed by atoms with Gasteiger partial charge in [-0.15, -0.1) is 11.8 Å². The maximum absolute atomic E-state index is 12.0. The largest absolute Gasteiger partial charge is 0.454 e. The van der Waals surface area contributed by atoms with Crippen LogP contribution in [-0.2, 0) is 0 Å². The van der Waals surface area contributed by atoms with E-state index in [1.165, 1.54) is 0 Å². The Balaban J connectivity index is 1.66. The lowest BCUT2D eigenvalue weighted by Crippen LogP contribution is -2.19. The van der Waals surface area contributed by atoms with Crippen molar-refractivity contribution in [2.45, 2.75) is 4.90 Å². The fourth-order valence-corrected chi connectivity index (χ4v) is 2.43. The Labute approximate surface area is 126 Å². The fourth-order valence-electron chi connectivity index (χ4n) is 1.97. The zero-order valence-electron chi connectivity index (χ0n) is 11.4. The van der Waals surface area contributed by atoms with Gasteiger partial charge in [-0.25, -0.2) is 4.79 Å². The fraction of sp³-hybridized carbons (Fsp3) is 0.133. The summed E-state index contributed by atoms with van der Waals surface area (Å²) in [5.74, 6) is 1.32. The normalized spacial score (nSPS) is 12.0. The number of carbonyl (C=O) groups excluding carboxylic acids is 1. The summed E-state index contributed by atoms with van der Waals surface area (Å²) >= 11 is 1.63. The van der Waals surface area contributed by atoms with Crippen LogP contribution >= 0.6 is 11.8 Å². The number of hydrogen-bond acceptors (Lipinski definition) is 4. The number of thioether (sulfide) groups is 1. The zero-order valence-corrected chi connectivity index (χ0v) is 12.2. The molecule has 1 aliphatic heterocycles. The molecule has 5 nitrogen and oxygen atoms in total. The number of urea groups is 1. The third-order valence-corrected chi connectivity index (χ3v) is 3.68. The van der Waals surface area contributed by atoms with Crippen molar-refractivity contribution in [1.82, 2.24) is 0 Å². The highest BCUT2D eigenvalue weighted by atomic mass is 32.2. The van der Waals surface area contributed by atoms with E-state index in [2.05, 4.69) is 10.6 Å². The van der Waals surface area contributed by atoms with Crippen LogP contribution in [0.3, 0.4) is 0 Å². The van der Waals surface area contributed by atoms with Crippen molar-refractivity contribution in [3.8, 4) is 11.5 Å². The van der Waals surface area contributed by atoms with Crippen LogP contribution in [-0.4, -0.2) is 19.1 Å². The minimum absolute atomic E-state index is 0.215. The van der Waals surface area contributed by atoms with Crippen LogP contribution < -0.4 is 20.1 Å². The highest BCUT2D eigenvalue weighted by Gasteiger charge is 2.14. The first-order valence-electron chi connectivity index (χ1n) is 6.36. The molecule has 0 fully saturated rings. The van der Waals surface area contributed by atoms with Crippen molar-refractivity contribution in [2.75, 3.05) is 23.7 Å². The summed E-state index contributed by atoms with van der Waals surface area (Å²) in [4.78, 5) is 13.1. The number of amides is 2. The van der Waals surface area contributed by atoms with E-state index in [9.17, 15) is 4.79 Å². The molecule has 6 heteroatoms. The molecule has 2 aromatic rings. The number of nitrogens with one attached hydrogen (secondary N) is 2. The molecule has 0 atom stereocenters. The van der Waals surface area contributed by atoms with Gasteiger partial charge in [-0.1, -0.05) is 6.07 Å². The molecule has 0 saturated heterocycles. The van der Waals surface area contributed by atoms with Gasteiger partial charge in [0.05, 0.1) is 0 Å². The topological polar surface area (TPSA) is 59.6 Å². The van der Waals surface area contributed by atoms with Gasteiger partial charge in [0.1, 0.15) is 0 Å². The molecule has 3 rings (SSSR count). The molecule has 0 bridgehead atoms. The molecule has 0 unspecified atom stereocenters.